The molecule has 0 aliphatic rings. The molecule has 0 heterocycles. The van der Waals surface area contributed by atoms with Crippen LogP contribution in [0.3, 0.4) is 0 Å². The van der Waals surface area contributed by atoms with Gasteiger partial charge >= 0.3 is 8.80 Å². The van der Waals surface area contributed by atoms with Crippen LogP contribution in [0.5, 0.6) is 5.75 Å². The van der Waals surface area contributed by atoms with Crippen molar-refractivity contribution >= 4 is 26.7 Å². The lowest BCUT2D eigenvalue weighted by Crippen LogP contribution is -2.49. The monoisotopic (exact) mass is 486 g/mol. The molecule has 0 bridgehead atoms. The van der Waals surface area contributed by atoms with Gasteiger partial charge in [-0.25, -0.2) is 0 Å². The summed E-state index contributed by atoms with van der Waals surface area (Å²) >= 11 is 0. The third kappa shape index (κ3) is 8.66. The molecule has 0 saturated carbocycles. The minimum atomic E-state index is -3.88. The molecule has 0 aliphatic heterocycles. The maximum Gasteiger partial charge on any atom is 0.705 e. The molecule has 184 valence electrons. The molecule has 0 unspecified atom stereocenters. The Morgan fingerprint density at radius 3 is 1.91 bits per heavy atom. The number of hydrogen-bond acceptors (Lipinski definition) is 7. The fourth-order valence-electron chi connectivity index (χ4n) is 3.87. The first-order valence-corrected chi connectivity index (χ1v) is 13.6. The molecular weight excluding hydrogens is 452 g/mol. The zero-order valence-corrected chi connectivity index (χ0v) is 21.4. The summed E-state index contributed by atoms with van der Waals surface area (Å²) in [6.07, 6.45) is 5.50. The van der Waals surface area contributed by atoms with Gasteiger partial charge in [0.15, 0.2) is 0 Å². The number of hydrogen-bond donors (Lipinski definition) is 1. The molecule has 0 saturated heterocycles. The Labute approximate surface area is 202 Å². The quantitative estimate of drug-likeness (QED) is 0.319. The lowest BCUT2D eigenvalue weighted by molar-refractivity contribution is -0.147. The minimum Gasteiger partial charge on any atom is -0.508 e. The van der Waals surface area contributed by atoms with Crippen molar-refractivity contribution in [3.63, 3.8) is 0 Å². The van der Waals surface area contributed by atoms with Crippen LogP contribution in [-0.2, 0) is 40.5 Å². The second-order valence-electron chi connectivity index (χ2n) is 8.31. The van der Waals surface area contributed by atoms with Gasteiger partial charge in [0.2, 0.25) is 0 Å². The molecule has 0 fully saturated rings. The highest BCUT2D eigenvalue weighted by Crippen LogP contribution is 2.30. The Kier molecular flexibility index (Phi) is 10.3. The normalized spacial score (nSPS) is 11.1. The maximum atomic E-state index is 11.6. The van der Waals surface area contributed by atoms with Gasteiger partial charge in [-0.3, -0.25) is 14.4 Å². The number of aryl methyl sites for hydroxylation is 2. The minimum absolute atomic E-state index is 0.0806. The second-order valence-corrected chi connectivity index (χ2v) is 10.8. The molecule has 7 nitrogen and oxygen atoms in total. The number of phenolic OH excluding ortho intramolecular Hbond substituents is 1. The van der Waals surface area contributed by atoms with E-state index in [0.717, 1.165) is 23.1 Å². The van der Waals surface area contributed by atoms with Gasteiger partial charge < -0.3 is 18.4 Å². The number of unbranched alkanes of at least 4 members (excludes halogenated alkanes) is 2. The fraction of sp³-hybridized carbons (Fsp3) is 0.423. The molecule has 0 aromatic heterocycles. The van der Waals surface area contributed by atoms with Crippen LogP contribution in [0.4, 0.5) is 0 Å². The van der Waals surface area contributed by atoms with Crippen LogP contribution in [0.15, 0.2) is 42.5 Å². The molecule has 0 atom stereocenters. The number of rotatable bonds is 12. The lowest BCUT2D eigenvalue weighted by Gasteiger charge is -2.26. The third-order valence-corrected chi connectivity index (χ3v) is 8.01. The largest absolute Gasteiger partial charge is 0.705 e. The van der Waals surface area contributed by atoms with E-state index in [1.807, 2.05) is 6.07 Å². The van der Waals surface area contributed by atoms with Gasteiger partial charge in [-0.05, 0) is 60.1 Å². The number of carbonyl (C=O) groups excluding carboxylic acids is 3. The van der Waals surface area contributed by atoms with Crippen LogP contribution in [0.1, 0.15) is 64.5 Å². The Bertz CT molecular complexity index is 944. The second kappa shape index (κ2) is 12.9. The summed E-state index contributed by atoms with van der Waals surface area (Å²) in [6.45, 7) is 5.71. The van der Waals surface area contributed by atoms with E-state index < -0.39 is 26.7 Å². The average Bonchev–Trinajstić information content (AvgIpc) is 2.73. The van der Waals surface area contributed by atoms with E-state index in [9.17, 15) is 19.5 Å². The number of benzene rings is 2. The van der Waals surface area contributed by atoms with E-state index >= 15 is 0 Å². The SMILES string of the molecule is CCCCCc1ccc(-c2ccc(O)cc2CCC[Si](OC(C)=O)(OC(C)=O)OC(C)=O)cc1. The van der Waals surface area contributed by atoms with Gasteiger partial charge in [0.05, 0.1) is 6.04 Å². The van der Waals surface area contributed by atoms with E-state index in [-0.39, 0.29) is 11.8 Å². The molecule has 34 heavy (non-hydrogen) atoms. The Balaban J connectivity index is 2.21. The topological polar surface area (TPSA) is 99.1 Å². The van der Waals surface area contributed by atoms with Crippen molar-refractivity contribution in [2.45, 2.75) is 72.3 Å². The van der Waals surface area contributed by atoms with Crippen LogP contribution in [-0.4, -0.2) is 31.8 Å². The van der Waals surface area contributed by atoms with Crippen molar-refractivity contribution in [3.8, 4) is 16.9 Å². The Morgan fingerprint density at radius 2 is 1.38 bits per heavy atom. The molecule has 0 amide bonds. The Morgan fingerprint density at radius 1 is 0.794 bits per heavy atom. The van der Waals surface area contributed by atoms with Crippen LogP contribution >= 0.6 is 0 Å². The van der Waals surface area contributed by atoms with Crippen LogP contribution in [0, 0.1) is 0 Å². The molecular formula is C26H34O7Si. The summed E-state index contributed by atoms with van der Waals surface area (Å²) in [5.74, 6) is -1.93. The first-order chi connectivity index (χ1) is 16.1. The van der Waals surface area contributed by atoms with Gasteiger partial charge in [0.25, 0.3) is 17.9 Å². The summed E-state index contributed by atoms with van der Waals surface area (Å²) in [6, 6.07) is 13.7. The first-order valence-electron chi connectivity index (χ1n) is 11.6. The van der Waals surface area contributed by atoms with Crippen molar-refractivity contribution in [1.82, 2.24) is 0 Å². The zero-order chi connectivity index (χ0) is 25.1. The predicted octanol–water partition coefficient (Wildman–Crippen LogP) is 5.35. The van der Waals surface area contributed by atoms with Gasteiger partial charge in [0.1, 0.15) is 5.75 Å². The van der Waals surface area contributed by atoms with Crippen LogP contribution in [0.2, 0.25) is 6.04 Å². The average molecular weight is 487 g/mol. The van der Waals surface area contributed by atoms with E-state index in [1.165, 1.54) is 45.6 Å². The fourth-order valence-corrected chi connectivity index (χ4v) is 6.22. The van der Waals surface area contributed by atoms with Crippen molar-refractivity contribution in [2.75, 3.05) is 0 Å². The van der Waals surface area contributed by atoms with Crippen LogP contribution in [0.25, 0.3) is 11.1 Å². The molecule has 2 aromatic carbocycles. The number of carbonyl (C=O) groups is 3. The Hall–Kier alpha value is -3.13. The van der Waals surface area contributed by atoms with Gasteiger partial charge in [-0.15, -0.1) is 0 Å². The standard InChI is InChI=1S/C26H34O7Si/c1-5-6-7-9-22-11-13-23(14-12-22)26-16-15-25(30)18-24(26)10-8-17-34(31-19(2)27,32-20(3)28)33-21(4)29/h11-16,18,30H,5-10,17H2,1-4H3. The summed E-state index contributed by atoms with van der Waals surface area (Å²) in [7, 11) is -3.88. The molecule has 0 aliphatic carbocycles. The molecule has 0 radical (unpaired) electrons. The lowest BCUT2D eigenvalue weighted by atomic mass is 9.95. The third-order valence-electron chi connectivity index (χ3n) is 5.25. The maximum absolute atomic E-state index is 11.6. The van der Waals surface area contributed by atoms with Crippen LogP contribution < -0.4 is 0 Å². The zero-order valence-electron chi connectivity index (χ0n) is 20.4. The van der Waals surface area contributed by atoms with E-state index in [2.05, 4.69) is 31.2 Å². The molecule has 1 N–H and O–H groups in total. The number of phenols is 1. The van der Waals surface area contributed by atoms with Crippen molar-refractivity contribution in [3.05, 3.63) is 53.6 Å². The molecule has 8 heteroatoms. The smallest absolute Gasteiger partial charge is 0.508 e. The highest BCUT2D eigenvalue weighted by Gasteiger charge is 2.51. The van der Waals surface area contributed by atoms with E-state index in [1.54, 1.807) is 12.1 Å². The van der Waals surface area contributed by atoms with Crippen molar-refractivity contribution in [1.29, 1.82) is 0 Å². The predicted molar refractivity (Wildman–Crippen MR) is 131 cm³/mol. The summed E-state index contributed by atoms with van der Waals surface area (Å²) in [5.41, 5.74) is 4.17. The highest BCUT2D eigenvalue weighted by atomic mass is 28.4. The van der Waals surface area contributed by atoms with Crippen molar-refractivity contribution in [2.24, 2.45) is 0 Å². The van der Waals surface area contributed by atoms with Gasteiger partial charge in [-0.1, -0.05) is 50.1 Å². The molecule has 2 rings (SSSR count). The van der Waals surface area contributed by atoms with Crippen molar-refractivity contribution < 1.29 is 32.8 Å². The summed E-state index contributed by atoms with van der Waals surface area (Å²) in [4.78, 5) is 34.9. The molecule has 0 spiro atoms. The summed E-state index contributed by atoms with van der Waals surface area (Å²) in [5, 5.41) is 10.1. The highest BCUT2D eigenvalue weighted by molar-refractivity contribution is 6.65. The first kappa shape index (κ1) is 27.1. The molecule has 2 aromatic rings. The van der Waals surface area contributed by atoms with Gasteiger partial charge in [-0.2, -0.15) is 0 Å². The van der Waals surface area contributed by atoms with E-state index in [4.69, 9.17) is 13.3 Å². The summed E-state index contributed by atoms with van der Waals surface area (Å²) < 4.78 is 15.8. The van der Waals surface area contributed by atoms with E-state index in [0.29, 0.717) is 12.8 Å². The number of aromatic hydroxyl groups is 1. The van der Waals surface area contributed by atoms with Gasteiger partial charge in [0, 0.05) is 20.8 Å².